The van der Waals surface area contributed by atoms with Gasteiger partial charge < -0.3 is 10.1 Å². The fourth-order valence-electron chi connectivity index (χ4n) is 1.60. The quantitative estimate of drug-likeness (QED) is 0.702. The Labute approximate surface area is 119 Å². The highest BCUT2D eigenvalue weighted by molar-refractivity contribution is 7.93. The Kier molecular flexibility index (Phi) is 6.47. The van der Waals surface area contributed by atoms with Gasteiger partial charge in [-0.3, -0.25) is 9.52 Å². The highest BCUT2D eigenvalue weighted by Crippen LogP contribution is 2.16. The minimum atomic E-state index is -3.76. The third kappa shape index (κ3) is 5.58. The fourth-order valence-corrected chi connectivity index (χ4v) is 2.60. The predicted molar refractivity (Wildman–Crippen MR) is 77.9 cm³/mol. The molecule has 0 fully saturated rings. The summed E-state index contributed by atoms with van der Waals surface area (Å²) >= 11 is 0. The Morgan fingerprint density at radius 1 is 1.25 bits per heavy atom. The van der Waals surface area contributed by atoms with Crippen LogP contribution in [0.3, 0.4) is 0 Å². The van der Waals surface area contributed by atoms with Gasteiger partial charge in [-0.25, -0.2) is 8.42 Å². The van der Waals surface area contributed by atoms with Crippen LogP contribution < -0.4 is 10.0 Å². The number of anilines is 1. The summed E-state index contributed by atoms with van der Waals surface area (Å²) in [4.78, 5) is 11.3. The average molecular weight is 300 g/mol. The van der Waals surface area contributed by atoms with E-state index in [0.717, 1.165) is 12.1 Å². The van der Waals surface area contributed by atoms with Gasteiger partial charge >= 0.3 is 5.97 Å². The number of ether oxygens (including phenoxy) is 1. The Morgan fingerprint density at radius 2 is 1.95 bits per heavy atom. The maximum Gasteiger partial charge on any atom is 0.323 e. The van der Waals surface area contributed by atoms with E-state index < -0.39 is 21.7 Å². The van der Waals surface area contributed by atoms with E-state index in [2.05, 4.69) is 14.8 Å². The highest BCUT2D eigenvalue weighted by Gasteiger charge is 2.18. The molecule has 6 nitrogen and oxygen atoms in total. The van der Waals surface area contributed by atoms with E-state index in [4.69, 9.17) is 0 Å². The van der Waals surface area contributed by atoms with Gasteiger partial charge in [-0.05, 0) is 25.1 Å². The molecular formula is C13H20N2O4S. The third-order valence-electron chi connectivity index (χ3n) is 2.46. The molecule has 0 heterocycles. The minimum Gasteiger partial charge on any atom is -0.465 e. The van der Waals surface area contributed by atoms with E-state index >= 15 is 0 Å². The third-order valence-corrected chi connectivity index (χ3v) is 3.61. The lowest BCUT2D eigenvalue weighted by molar-refractivity contribution is -0.139. The number of hydrogen-bond donors (Lipinski definition) is 2. The zero-order valence-corrected chi connectivity index (χ0v) is 12.5. The van der Waals surface area contributed by atoms with E-state index in [1.165, 1.54) is 0 Å². The molecule has 0 saturated carbocycles. The number of benzene rings is 1. The topological polar surface area (TPSA) is 84.5 Å². The van der Waals surface area contributed by atoms with Gasteiger partial charge in [0.2, 0.25) is 10.0 Å². The SMILES string of the molecule is CCNCc1ccccc1NS(=O)(=O)CC(=O)OCC. The first-order valence-electron chi connectivity index (χ1n) is 6.43. The lowest BCUT2D eigenvalue weighted by Crippen LogP contribution is -2.25. The molecule has 7 heteroatoms. The van der Waals surface area contributed by atoms with Gasteiger partial charge in [-0.1, -0.05) is 25.1 Å². The molecule has 1 aromatic rings. The highest BCUT2D eigenvalue weighted by atomic mass is 32.2. The summed E-state index contributed by atoms with van der Waals surface area (Å²) in [5.74, 6) is -1.44. The fraction of sp³-hybridized carbons (Fsp3) is 0.462. The van der Waals surface area contributed by atoms with Gasteiger partial charge in [0, 0.05) is 6.54 Å². The largest absolute Gasteiger partial charge is 0.465 e. The van der Waals surface area contributed by atoms with Crippen molar-refractivity contribution in [3.05, 3.63) is 29.8 Å². The van der Waals surface area contributed by atoms with E-state index in [9.17, 15) is 13.2 Å². The Balaban J connectivity index is 2.78. The summed E-state index contributed by atoms with van der Waals surface area (Å²) in [6.45, 7) is 5.08. The van der Waals surface area contributed by atoms with Crippen molar-refractivity contribution in [2.24, 2.45) is 0 Å². The molecule has 112 valence electrons. The number of esters is 1. The zero-order valence-electron chi connectivity index (χ0n) is 11.7. The van der Waals surface area contributed by atoms with Gasteiger partial charge in [0.15, 0.2) is 5.75 Å². The summed E-state index contributed by atoms with van der Waals surface area (Å²) in [5.41, 5.74) is 1.29. The van der Waals surface area contributed by atoms with Crippen molar-refractivity contribution in [2.75, 3.05) is 23.6 Å². The van der Waals surface area contributed by atoms with E-state index in [1.807, 2.05) is 19.1 Å². The van der Waals surface area contributed by atoms with Crippen LogP contribution in [-0.2, 0) is 26.1 Å². The molecule has 0 amide bonds. The second kappa shape index (κ2) is 7.86. The zero-order chi connectivity index (χ0) is 15.0. The van der Waals surface area contributed by atoms with Crippen LogP contribution in [0, 0.1) is 0 Å². The Bertz CT molecular complexity index is 543. The first-order chi connectivity index (χ1) is 9.48. The van der Waals surface area contributed by atoms with Gasteiger partial charge in [0.1, 0.15) is 0 Å². The predicted octanol–water partition coefficient (Wildman–Crippen LogP) is 1.10. The molecule has 0 aliphatic carbocycles. The van der Waals surface area contributed by atoms with Crippen molar-refractivity contribution in [3.8, 4) is 0 Å². The molecule has 0 spiro atoms. The summed E-state index contributed by atoms with van der Waals surface area (Å²) in [5, 5.41) is 3.13. The van der Waals surface area contributed by atoms with Crippen molar-refractivity contribution >= 4 is 21.7 Å². The molecule has 2 N–H and O–H groups in total. The van der Waals surface area contributed by atoms with E-state index in [-0.39, 0.29) is 6.61 Å². The first-order valence-corrected chi connectivity index (χ1v) is 8.08. The molecule has 0 aromatic heterocycles. The van der Waals surface area contributed by atoms with Crippen molar-refractivity contribution < 1.29 is 17.9 Å². The van der Waals surface area contributed by atoms with Crippen LogP contribution in [0.2, 0.25) is 0 Å². The summed E-state index contributed by atoms with van der Waals surface area (Å²) < 4.78 is 30.8. The summed E-state index contributed by atoms with van der Waals surface area (Å²) in [6.07, 6.45) is 0. The Morgan fingerprint density at radius 3 is 2.60 bits per heavy atom. The second-order valence-corrected chi connectivity index (χ2v) is 5.83. The van der Waals surface area contributed by atoms with Gasteiger partial charge in [0.25, 0.3) is 0 Å². The average Bonchev–Trinajstić information content (AvgIpc) is 2.36. The van der Waals surface area contributed by atoms with Crippen molar-refractivity contribution in [1.29, 1.82) is 0 Å². The lowest BCUT2D eigenvalue weighted by Gasteiger charge is -2.12. The number of nitrogens with one attached hydrogen (secondary N) is 2. The number of carbonyl (C=O) groups excluding carboxylic acids is 1. The molecule has 1 rings (SSSR count). The molecule has 0 aliphatic heterocycles. The standard InChI is InChI=1S/C13H20N2O4S/c1-3-14-9-11-7-5-6-8-12(11)15-20(17,18)10-13(16)19-4-2/h5-8,14-15H,3-4,9-10H2,1-2H3. The minimum absolute atomic E-state index is 0.158. The molecule has 0 unspecified atom stereocenters. The van der Waals surface area contributed by atoms with Crippen LogP contribution in [0.1, 0.15) is 19.4 Å². The number of hydrogen-bond acceptors (Lipinski definition) is 5. The maximum atomic E-state index is 11.9. The van der Waals surface area contributed by atoms with Crippen molar-refractivity contribution in [3.63, 3.8) is 0 Å². The van der Waals surface area contributed by atoms with E-state index in [0.29, 0.717) is 12.2 Å². The monoisotopic (exact) mass is 300 g/mol. The molecule has 1 aromatic carbocycles. The number of para-hydroxylation sites is 1. The van der Waals surface area contributed by atoms with Crippen molar-refractivity contribution in [1.82, 2.24) is 5.32 Å². The van der Waals surface area contributed by atoms with Crippen LogP contribution in [0.25, 0.3) is 0 Å². The number of rotatable bonds is 8. The van der Waals surface area contributed by atoms with Crippen LogP contribution in [0.15, 0.2) is 24.3 Å². The molecule has 0 aliphatic rings. The lowest BCUT2D eigenvalue weighted by atomic mass is 10.2. The number of carbonyl (C=O) groups is 1. The first kappa shape index (κ1) is 16.5. The van der Waals surface area contributed by atoms with Crippen LogP contribution in [-0.4, -0.2) is 33.3 Å². The van der Waals surface area contributed by atoms with Gasteiger partial charge in [0.05, 0.1) is 12.3 Å². The summed E-state index contributed by atoms with van der Waals surface area (Å²) in [6, 6.07) is 7.05. The van der Waals surface area contributed by atoms with E-state index in [1.54, 1.807) is 19.1 Å². The molecule has 0 radical (unpaired) electrons. The summed E-state index contributed by atoms with van der Waals surface area (Å²) in [7, 11) is -3.76. The van der Waals surface area contributed by atoms with Gasteiger partial charge in [-0.15, -0.1) is 0 Å². The maximum absolute atomic E-state index is 11.9. The molecular weight excluding hydrogens is 280 g/mol. The van der Waals surface area contributed by atoms with Crippen LogP contribution in [0.5, 0.6) is 0 Å². The molecule has 0 bridgehead atoms. The van der Waals surface area contributed by atoms with Crippen LogP contribution in [0.4, 0.5) is 5.69 Å². The Hall–Kier alpha value is -1.60. The van der Waals surface area contributed by atoms with Crippen LogP contribution >= 0.6 is 0 Å². The van der Waals surface area contributed by atoms with Gasteiger partial charge in [-0.2, -0.15) is 0 Å². The smallest absolute Gasteiger partial charge is 0.323 e. The molecule has 0 atom stereocenters. The normalized spacial score (nSPS) is 11.1. The second-order valence-electron chi connectivity index (χ2n) is 4.10. The van der Waals surface area contributed by atoms with Crippen molar-refractivity contribution in [2.45, 2.75) is 20.4 Å². The molecule has 0 saturated heterocycles. The molecule has 20 heavy (non-hydrogen) atoms. The number of sulfonamides is 1.